The van der Waals surface area contributed by atoms with E-state index in [1.807, 2.05) is 0 Å². The van der Waals surface area contributed by atoms with Gasteiger partial charge < -0.3 is 10.6 Å². The van der Waals surface area contributed by atoms with Crippen LogP contribution in [0.25, 0.3) is 10.9 Å². The van der Waals surface area contributed by atoms with Gasteiger partial charge in [0.25, 0.3) is 5.91 Å². The second-order valence-electron chi connectivity index (χ2n) is 8.41. The molecule has 1 aliphatic carbocycles. The van der Waals surface area contributed by atoms with Crippen LogP contribution >= 0.6 is 0 Å². The topological polar surface area (TPSA) is 78.7 Å². The summed E-state index contributed by atoms with van der Waals surface area (Å²) in [7, 11) is 1.57. The van der Waals surface area contributed by atoms with E-state index in [1.165, 1.54) is 16.6 Å². The minimum Gasteiger partial charge on any atom is -0.382 e. The maximum absolute atomic E-state index is 12.3. The molecule has 6 heteroatoms. The number of carbonyl (C=O) groups excluding carboxylic acids is 1. The number of hydrogen-bond acceptors (Lipinski definition) is 5. The van der Waals surface area contributed by atoms with Crippen molar-refractivity contribution in [3.05, 3.63) is 47.3 Å². The van der Waals surface area contributed by atoms with Crippen LogP contribution in [0.3, 0.4) is 0 Å². The number of aryl methyl sites for hydroxylation is 1. The molecular weight excluding hydrogens is 374 g/mol. The Labute approximate surface area is 179 Å². The number of aromatic nitrogens is 1. The summed E-state index contributed by atoms with van der Waals surface area (Å²) in [5.74, 6) is 0.236. The van der Waals surface area contributed by atoms with Crippen LogP contribution in [0.2, 0.25) is 0 Å². The minimum atomic E-state index is -0.142. The summed E-state index contributed by atoms with van der Waals surface area (Å²) < 4.78 is 0. The van der Waals surface area contributed by atoms with Crippen molar-refractivity contribution in [1.82, 2.24) is 10.3 Å². The molecule has 30 heavy (non-hydrogen) atoms. The summed E-state index contributed by atoms with van der Waals surface area (Å²) >= 11 is 0. The number of nitrogens with zero attached hydrogens (tertiary/aromatic N) is 3. The van der Waals surface area contributed by atoms with Crippen molar-refractivity contribution in [2.75, 3.05) is 12.4 Å². The number of rotatable bonds is 6. The first-order valence-corrected chi connectivity index (χ1v) is 10.9. The van der Waals surface area contributed by atoms with E-state index in [4.69, 9.17) is 4.98 Å². The van der Waals surface area contributed by atoms with Crippen LogP contribution in [-0.4, -0.2) is 30.0 Å². The van der Waals surface area contributed by atoms with E-state index < -0.39 is 0 Å². The number of benzene rings is 1. The van der Waals surface area contributed by atoms with Gasteiger partial charge in [-0.2, -0.15) is 10.2 Å². The van der Waals surface area contributed by atoms with Gasteiger partial charge in [0.2, 0.25) is 0 Å². The molecule has 1 fully saturated rings. The van der Waals surface area contributed by atoms with Gasteiger partial charge in [-0.3, -0.25) is 9.78 Å². The van der Waals surface area contributed by atoms with E-state index in [-0.39, 0.29) is 11.9 Å². The highest BCUT2D eigenvalue weighted by atomic mass is 16.2. The molecule has 1 aromatic heterocycles. The van der Waals surface area contributed by atoms with Gasteiger partial charge in [0.15, 0.2) is 0 Å². The van der Waals surface area contributed by atoms with Crippen molar-refractivity contribution in [2.45, 2.75) is 71.4 Å². The highest BCUT2D eigenvalue weighted by Crippen LogP contribution is 2.30. The molecule has 6 nitrogen and oxygen atoms in total. The quantitative estimate of drug-likeness (QED) is 0.491. The van der Waals surface area contributed by atoms with Gasteiger partial charge in [-0.15, -0.1) is 0 Å². The number of nitrogens with one attached hydrogen (secondary N) is 2. The maximum atomic E-state index is 12.3. The van der Waals surface area contributed by atoms with Crippen molar-refractivity contribution < 1.29 is 4.79 Å². The Hall–Kier alpha value is -2.76. The molecule has 160 valence electrons. The van der Waals surface area contributed by atoms with E-state index in [0.29, 0.717) is 17.7 Å². The Bertz CT molecular complexity index is 955. The van der Waals surface area contributed by atoms with E-state index in [9.17, 15) is 4.79 Å². The summed E-state index contributed by atoms with van der Waals surface area (Å²) in [6, 6.07) is 9.21. The Kier molecular flexibility index (Phi) is 7.19. The van der Waals surface area contributed by atoms with Crippen molar-refractivity contribution in [3.63, 3.8) is 0 Å². The molecule has 0 atom stereocenters. The van der Waals surface area contributed by atoms with Gasteiger partial charge in [0.1, 0.15) is 5.70 Å². The fourth-order valence-corrected chi connectivity index (χ4v) is 3.98. The largest absolute Gasteiger partial charge is 0.382 e. The number of fused-ring (bicyclic) bond motifs is 1. The molecule has 2 N–H and O–H groups in total. The average Bonchev–Trinajstić information content (AvgIpc) is 2.73. The summed E-state index contributed by atoms with van der Waals surface area (Å²) in [5, 5.41) is 15.7. The van der Waals surface area contributed by atoms with Gasteiger partial charge in [-0.05, 0) is 63.6 Å². The molecule has 0 spiro atoms. The summed E-state index contributed by atoms with van der Waals surface area (Å²) in [4.78, 5) is 17.2. The van der Waals surface area contributed by atoms with Crippen LogP contribution in [-0.2, 0) is 4.79 Å². The van der Waals surface area contributed by atoms with Crippen molar-refractivity contribution >= 4 is 22.5 Å². The normalized spacial score (nSPS) is 20.1. The molecular formula is C24H33N5O. The van der Waals surface area contributed by atoms with Crippen LogP contribution < -0.4 is 10.6 Å². The Morgan fingerprint density at radius 3 is 2.50 bits per heavy atom. The lowest BCUT2D eigenvalue weighted by atomic mass is 9.90. The lowest BCUT2D eigenvalue weighted by Gasteiger charge is -2.30. The predicted octanol–water partition coefficient (Wildman–Crippen LogP) is 5.49. The van der Waals surface area contributed by atoms with Crippen molar-refractivity contribution in [3.8, 4) is 0 Å². The fraction of sp³-hybridized carbons (Fsp3) is 0.500. The fourth-order valence-electron chi connectivity index (χ4n) is 3.98. The summed E-state index contributed by atoms with van der Waals surface area (Å²) in [5.41, 5.74) is 4.93. The number of carbonyl (C=O) groups is 1. The Balaban J connectivity index is 1.68. The summed E-state index contributed by atoms with van der Waals surface area (Å²) in [6.07, 6.45) is 5.61. The van der Waals surface area contributed by atoms with Crippen LogP contribution in [0.4, 0.5) is 5.69 Å². The standard InChI is InChI=1S/C24H33N5O/c1-6-20(29-25-5)24(30)27-18-10-8-17(9-11-18)26-23-14-22(15(2)3)28-21-12-7-16(4)13-19(21)23/h6-7,12-15,17-18H,8-11H2,1-5H3,(H,26,28)(H,27,30)/b20-6-,29-25-. The smallest absolute Gasteiger partial charge is 0.271 e. The van der Waals surface area contributed by atoms with Gasteiger partial charge in [-0.25, -0.2) is 0 Å². The van der Waals surface area contributed by atoms with Gasteiger partial charge in [0, 0.05) is 35.9 Å². The number of amides is 1. The van der Waals surface area contributed by atoms with E-state index in [0.717, 1.165) is 36.9 Å². The minimum absolute atomic E-state index is 0.142. The first kappa shape index (κ1) is 21.9. The predicted molar refractivity (Wildman–Crippen MR) is 123 cm³/mol. The zero-order chi connectivity index (χ0) is 21.7. The lowest BCUT2D eigenvalue weighted by Crippen LogP contribution is -2.40. The Morgan fingerprint density at radius 2 is 1.87 bits per heavy atom. The van der Waals surface area contributed by atoms with Crippen molar-refractivity contribution in [2.24, 2.45) is 10.2 Å². The number of allylic oxidation sites excluding steroid dienone is 1. The van der Waals surface area contributed by atoms with Gasteiger partial charge >= 0.3 is 0 Å². The molecule has 1 heterocycles. The number of pyridine rings is 1. The molecule has 1 aromatic carbocycles. The van der Waals surface area contributed by atoms with Gasteiger partial charge in [-0.1, -0.05) is 31.6 Å². The molecule has 0 saturated heterocycles. The molecule has 1 amide bonds. The third-order valence-corrected chi connectivity index (χ3v) is 5.71. The molecule has 0 bridgehead atoms. The maximum Gasteiger partial charge on any atom is 0.271 e. The third kappa shape index (κ3) is 5.23. The summed E-state index contributed by atoms with van der Waals surface area (Å²) in [6.45, 7) is 8.27. The number of hydrogen-bond donors (Lipinski definition) is 2. The van der Waals surface area contributed by atoms with Crippen LogP contribution in [0.5, 0.6) is 0 Å². The second-order valence-corrected chi connectivity index (χ2v) is 8.41. The number of anilines is 1. The monoisotopic (exact) mass is 407 g/mol. The van der Waals surface area contributed by atoms with E-state index >= 15 is 0 Å². The van der Waals surface area contributed by atoms with Gasteiger partial charge in [0.05, 0.1) is 5.52 Å². The van der Waals surface area contributed by atoms with Crippen molar-refractivity contribution in [1.29, 1.82) is 0 Å². The molecule has 1 aliphatic rings. The first-order valence-electron chi connectivity index (χ1n) is 10.9. The zero-order valence-electron chi connectivity index (χ0n) is 18.7. The second kappa shape index (κ2) is 9.83. The highest BCUT2D eigenvalue weighted by Gasteiger charge is 2.24. The SMILES string of the molecule is C/C=C(\N=N/C)C(=O)NC1CCC(Nc2cc(C(C)C)nc3ccc(C)cc23)CC1. The number of azo groups is 1. The molecule has 0 aliphatic heterocycles. The van der Waals surface area contributed by atoms with Crippen LogP contribution in [0.15, 0.2) is 46.3 Å². The molecule has 3 rings (SSSR count). The third-order valence-electron chi connectivity index (χ3n) is 5.71. The van der Waals surface area contributed by atoms with E-state index in [2.05, 4.69) is 65.9 Å². The highest BCUT2D eigenvalue weighted by molar-refractivity contribution is 5.93. The molecule has 2 aromatic rings. The molecule has 0 unspecified atom stereocenters. The van der Waals surface area contributed by atoms with E-state index in [1.54, 1.807) is 20.0 Å². The Morgan fingerprint density at radius 1 is 1.17 bits per heavy atom. The van der Waals surface area contributed by atoms with Crippen LogP contribution in [0, 0.1) is 6.92 Å². The molecule has 0 radical (unpaired) electrons. The average molecular weight is 408 g/mol. The lowest BCUT2D eigenvalue weighted by molar-refractivity contribution is -0.118. The first-order chi connectivity index (χ1) is 14.4. The zero-order valence-corrected chi connectivity index (χ0v) is 18.7. The van der Waals surface area contributed by atoms with Crippen LogP contribution in [0.1, 0.15) is 63.6 Å². The molecule has 1 saturated carbocycles.